The first-order valence-electron chi connectivity index (χ1n) is 12.9. The van der Waals surface area contributed by atoms with E-state index in [0.717, 1.165) is 23.1 Å². The quantitative estimate of drug-likeness (QED) is 0.409. The van der Waals surface area contributed by atoms with Crippen LogP contribution in [0.25, 0.3) is 0 Å². The van der Waals surface area contributed by atoms with Gasteiger partial charge in [0.15, 0.2) is 5.17 Å². The maximum absolute atomic E-state index is 13.4. The highest BCUT2D eigenvalue weighted by Gasteiger charge is 2.41. The summed E-state index contributed by atoms with van der Waals surface area (Å²) in [5, 5.41) is 6.25. The normalized spacial score (nSPS) is 15.6. The summed E-state index contributed by atoms with van der Waals surface area (Å²) in [6.07, 6.45) is 1.24. The molecular weight excluding hydrogens is 510 g/mol. The topological polar surface area (TPSA) is 103 Å². The third-order valence-corrected chi connectivity index (χ3v) is 7.37. The van der Waals surface area contributed by atoms with Gasteiger partial charge < -0.3 is 10.6 Å². The smallest absolute Gasteiger partial charge is 0.259 e. The summed E-state index contributed by atoms with van der Waals surface area (Å²) in [4.78, 5) is 49.3. The van der Waals surface area contributed by atoms with Crippen LogP contribution in [-0.2, 0) is 27.3 Å². The van der Waals surface area contributed by atoms with Crippen LogP contribution in [0.5, 0.6) is 0 Å². The Hall–Kier alpha value is -4.24. The Kier molecular flexibility index (Phi) is 8.48. The largest absolute Gasteiger partial charge is 0.356 e. The van der Waals surface area contributed by atoms with E-state index in [1.807, 2.05) is 84.9 Å². The second kappa shape index (κ2) is 12.5. The molecule has 9 heteroatoms. The minimum atomic E-state index is -0.677. The van der Waals surface area contributed by atoms with E-state index in [1.165, 1.54) is 16.7 Å². The Morgan fingerprint density at radius 1 is 0.846 bits per heavy atom. The van der Waals surface area contributed by atoms with E-state index in [1.54, 1.807) is 0 Å². The van der Waals surface area contributed by atoms with Gasteiger partial charge in [0.2, 0.25) is 11.8 Å². The number of benzene rings is 3. The fourth-order valence-electron chi connectivity index (χ4n) is 4.41. The van der Waals surface area contributed by atoms with Crippen LogP contribution < -0.4 is 10.6 Å². The number of hydrogen-bond acceptors (Lipinski definition) is 6. The van der Waals surface area contributed by atoms with Gasteiger partial charge >= 0.3 is 0 Å². The summed E-state index contributed by atoms with van der Waals surface area (Å²) in [7, 11) is 0. The zero-order valence-corrected chi connectivity index (χ0v) is 22.2. The van der Waals surface area contributed by atoms with Gasteiger partial charge in [-0.2, -0.15) is 0 Å². The van der Waals surface area contributed by atoms with Gasteiger partial charge in [-0.25, -0.2) is 9.89 Å². The second-order valence-electron chi connectivity index (χ2n) is 9.23. The van der Waals surface area contributed by atoms with Crippen LogP contribution in [0.1, 0.15) is 29.5 Å². The number of amides is 3. The highest BCUT2D eigenvalue weighted by Crippen LogP contribution is 2.34. The van der Waals surface area contributed by atoms with E-state index in [-0.39, 0.29) is 29.9 Å². The zero-order valence-electron chi connectivity index (χ0n) is 21.4. The first-order chi connectivity index (χ1) is 19.1. The summed E-state index contributed by atoms with van der Waals surface area (Å²) in [6, 6.07) is 26.5. The van der Waals surface area contributed by atoms with Crippen molar-refractivity contribution in [3.05, 3.63) is 102 Å². The summed E-state index contributed by atoms with van der Waals surface area (Å²) >= 11 is 1.20. The molecule has 3 aromatic rings. The van der Waals surface area contributed by atoms with E-state index in [0.29, 0.717) is 36.2 Å². The molecular formula is C30H29N5O3S. The number of para-hydroxylation sites is 1. The van der Waals surface area contributed by atoms with Crippen molar-refractivity contribution in [1.29, 1.82) is 0 Å². The van der Waals surface area contributed by atoms with Gasteiger partial charge in [0.1, 0.15) is 11.9 Å². The van der Waals surface area contributed by atoms with Crippen molar-refractivity contribution < 1.29 is 14.4 Å². The van der Waals surface area contributed by atoms with Crippen LogP contribution >= 0.6 is 11.8 Å². The fraction of sp³-hybridized carbons (Fsp3) is 0.233. The predicted molar refractivity (Wildman–Crippen MR) is 154 cm³/mol. The molecule has 8 nitrogen and oxygen atoms in total. The van der Waals surface area contributed by atoms with Crippen molar-refractivity contribution in [3.8, 4) is 0 Å². The van der Waals surface area contributed by atoms with Gasteiger partial charge in [-0.05, 0) is 36.1 Å². The van der Waals surface area contributed by atoms with Crippen LogP contribution in [0.15, 0.2) is 94.9 Å². The maximum Gasteiger partial charge on any atom is 0.259 e. The van der Waals surface area contributed by atoms with Gasteiger partial charge in [0.05, 0.1) is 11.4 Å². The van der Waals surface area contributed by atoms with Crippen molar-refractivity contribution in [2.75, 3.05) is 12.3 Å². The van der Waals surface area contributed by atoms with Crippen molar-refractivity contribution in [3.63, 3.8) is 0 Å². The lowest BCUT2D eigenvalue weighted by Gasteiger charge is -2.25. The first kappa shape index (κ1) is 26.4. The van der Waals surface area contributed by atoms with E-state index in [4.69, 9.17) is 4.99 Å². The lowest BCUT2D eigenvalue weighted by Crippen LogP contribution is -2.41. The molecule has 1 unspecified atom stereocenters. The molecule has 2 heterocycles. The third kappa shape index (κ3) is 6.61. The summed E-state index contributed by atoms with van der Waals surface area (Å²) < 4.78 is 0. The van der Waals surface area contributed by atoms with E-state index in [2.05, 4.69) is 15.6 Å². The molecule has 1 atom stereocenters. The van der Waals surface area contributed by atoms with Gasteiger partial charge in [-0.3, -0.25) is 19.4 Å². The second-order valence-corrected chi connectivity index (χ2v) is 10.2. The number of amidine groups is 2. The minimum Gasteiger partial charge on any atom is -0.356 e. The van der Waals surface area contributed by atoms with Crippen LogP contribution in [0.3, 0.4) is 0 Å². The van der Waals surface area contributed by atoms with E-state index >= 15 is 0 Å². The standard InChI is InChI=1S/C30H29N5O3S/c36-26(31-18-17-21-9-3-1-4-10-21)16-15-25-29(38)35-28(33-25)23-13-7-8-14-24(23)34-30(35)39-20-27(37)32-19-22-11-5-2-6-12-22/h1-14,25H,15-20H2,(H,31,36)(H,32,37). The summed E-state index contributed by atoms with van der Waals surface area (Å²) in [5.74, 6) is 0.140. The molecule has 2 aliphatic rings. The first-order valence-corrected chi connectivity index (χ1v) is 13.9. The Labute approximate surface area is 231 Å². The number of rotatable bonds is 10. The minimum absolute atomic E-state index is 0.109. The number of carbonyl (C=O) groups is 3. The van der Waals surface area contributed by atoms with Crippen molar-refractivity contribution in [1.82, 2.24) is 15.5 Å². The molecule has 3 aromatic carbocycles. The molecule has 5 rings (SSSR count). The molecule has 198 valence electrons. The highest BCUT2D eigenvalue weighted by molar-refractivity contribution is 8.14. The van der Waals surface area contributed by atoms with Crippen LogP contribution in [-0.4, -0.2) is 52.0 Å². The molecule has 2 N–H and O–H groups in total. The van der Waals surface area contributed by atoms with Crippen LogP contribution in [0.4, 0.5) is 5.69 Å². The van der Waals surface area contributed by atoms with E-state index < -0.39 is 6.04 Å². The molecule has 0 aliphatic carbocycles. The average Bonchev–Trinajstić information content (AvgIpc) is 3.31. The number of thioether (sulfide) groups is 1. The molecule has 0 fully saturated rings. The molecule has 0 saturated heterocycles. The molecule has 0 aromatic heterocycles. The number of nitrogens with one attached hydrogen (secondary N) is 2. The number of carbonyl (C=O) groups excluding carboxylic acids is 3. The molecule has 0 radical (unpaired) electrons. The number of hydrogen-bond donors (Lipinski definition) is 2. The number of nitrogens with zero attached hydrogens (tertiary/aromatic N) is 3. The lowest BCUT2D eigenvalue weighted by atomic mass is 10.1. The SMILES string of the molecule is O=C(CCC1N=C2c3ccccc3N=C(SCC(=O)NCc3ccccc3)N2C1=O)NCCc1ccccc1. The van der Waals surface area contributed by atoms with Crippen LogP contribution in [0.2, 0.25) is 0 Å². The zero-order chi connectivity index (χ0) is 27.0. The molecule has 39 heavy (non-hydrogen) atoms. The van der Waals surface area contributed by atoms with Crippen molar-refractivity contribution in [2.24, 2.45) is 9.98 Å². The summed E-state index contributed by atoms with van der Waals surface area (Å²) in [5.41, 5.74) is 3.63. The average molecular weight is 540 g/mol. The highest BCUT2D eigenvalue weighted by atomic mass is 32.2. The molecule has 2 aliphatic heterocycles. The van der Waals surface area contributed by atoms with Crippen molar-refractivity contribution >= 4 is 46.2 Å². The Morgan fingerprint density at radius 2 is 1.54 bits per heavy atom. The lowest BCUT2D eigenvalue weighted by molar-refractivity contribution is -0.125. The summed E-state index contributed by atoms with van der Waals surface area (Å²) in [6.45, 7) is 0.968. The molecule has 0 spiro atoms. The molecule has 0 bridgehead atoms. The van der Waals surface area contributed by atoms with Gasteiger partial charge in [0, 0.05) is 25.1 Å². The Morgan fingerprint density at radius 3 is 2.31 bits per heavy atom. The van der Waals surface area contributed by atoms with Crippen LogP contribution in [0, 0.1) is 0 Å². The number of fused-ring (bicyclic) bond motifs is 3. The van der Waals surface area contributed by atoms with Gasteiger partial charge in [-0.15, -0.1) is 0 Å². The predicted octanol–water partition coefficient (Wildman–Crippen LogP) is 3.83. The molecule has 0 saturated carbocycles. The number of aliphatic imine (C=N–C) groups is 2. The monoisotopic (exact) mass is 539 g/mol. The Balaban J connectivity index is 1.19. The van der Waals surface area contributed by atoms with E-state index in [9.17, 15) is 14.4 Å². The van der Waals surface area contributed by atoms with Gasteiger partial charge in [-0.1, -0.05) is 84.6 Å². The third-order valence-electron chi connectivity index (χ3n) is 6.44. The Bertz CT molecular complexity index is 1410. The van der Waals surface area contributed by atoms with Crippen molar-refractivity contribution in [2.45, 2.75) is 31.8 Å². The molecule has 3 amide bonds. The fourth-order valence-corrected chi connectivity index (χ4v) is 5.24. The van der Waals surface area contributed by atoms with Gasteiger partial charge in [0.25, 0.3) is 5.91 Å². The maximum atomic E-state index is 13.4.